The molecule has 2 heterocycles. The fourth-order valence-electron chi connectivity index (χ4n) is 5.61. The van der Waals surface area contributed by atoms with Crippen molar-refractivity contribution < 1.29 is 14.3 Å². The molecule has 2 amide bonds. The van der Waals surface area contributed by atoms with Crippen molar-refractivity contribution in [3.8, 4) is 0 Å². The topological polar surface area (TPSA) is 49.9 Å². The molecular formula is C23H32N2O3. The number of amides is 2. The van der Waals surface area contributed by atoms with Gasteiger partial charge in [0.15, 0.2) is 0 Å². The molecule has 1 aliphatic carbocycles. The van der Waals surface area contributed by atoms with Crippen LogP contribution in [0.3, 0.4) is 0 Å². The number of rotatable bonds is 0. The summed E-state index contributed by atoms with van der Waals surface area (Å²) in [6, 6.07) is 8.92. The zero-order valence-corrected chi connectivity index (χ0v) is 17.5. The van der Waals surface area contributed by atoms with Gasteiger partial charge >= 0.3 is 6.09 Å². The second kappa shape index (κ2) is 6.78. The van der Waals surface area contributed by atoms with Gasteiger partial charge in [-0.25, -0.2) is 4.79 Å². The summed E-state index contributed by atoms with van der Waals surface area (Å²) in [4.78, 5) is 28.6. The van der Waals surface area contributed by atoms with E-state index in [1.165, 1.54) is 11.1 Å². The van der Waals surface area contributed by atoms with Gasteiger partial charge in [-0.2, -0.15) is 0 Å². The van der Waals surface area contributed by atoms with Crippen molar-refractivity contribution in [3.63, 3.8) is 0 Å². The Morgan fingerprint density at radius 2 is 1.79 bits per heavy atom. The number of fused-ring (bicyclic) bond motifs is 4. The lowest BCUT2D eigenvalue weighted by molar-refractivity contribution is -0.130. The average Bonchev–Trinajstić information content (AvgIpc) is 3.05. The number of nitrogens with zero attached hydrogens (tertiary/aromatic N) is 2. The Morgan fingerprint density at radius 1 is 1.11 bits per heavy atom. The highest BCUT2D eigenvalue weighted by molar-refractivity contribution is 5.74. The first-order valence-electron chi connectivity index (χ1n) is 10.5. The first-order chi connectivity index (χ1) is 13.2. The second-order valence-electron chi connectivity index (χ2n) is 9.75. The molecule has 152 valence electrons. The molecule has 28 heavy (non-hydrogen) atoms. The van der Waals surface area contributed by atoms with Crippen molar-refractivity contribution >= 4 is 12.0 Å². The molecule has 0 aromatic heterocycles. The van der Waals surface area contributed by atoms with E-state index in [-0.39, 0.29) is 23.5 Å². The predicted molar refractivity (Wildman–Crippen MR) is 108 cm³/mol. The van der Waals surface area contributed by atoms with Gasteiger partial charge in [-0.3, -0.25) is 4.79 Å². The number of hydrogen-bond acceptors (Lipinski definition) is 3. The molecule has 1 aromatic carbocycles. The molecule has 5 nitrogen and oxygen atoms in total. The minimum absolute atomic E-state index is 0.114. The van der Waals surface area contributed by atoms with Crippen molar-refractivity contribution in [2.24, 2.45) is 5.92 Å². The van der Waals surface area contributed by atoms with Crippen LogP contribution < -0.4 is 0 Å². The molecule has 2 atom stereocenters. The van der Waals surface area contributed by atoms with E-state index in [1.54, 1.807) is 6.92 Å². The Bertz CT molecular complexity index is 774. The quantitative estimate of drug-likeness (QED) is 0.671. The minimum atomic E-state index is -0.461. The molecule has 2 fully saturated rings. The van der Waals surface area contributed by atoms with Crippen LogP contribution >= 0.6 is 0 Å². The number of hydrogen-bond donors (Lipinski definition) is 0. The standard InChI is InChI=1S/C23H32N2O3/c1-16(26)25-12-9-17-15-23(19-8-6-5-7-18(19)20(17)25)10-13-24(14-11-23)21(27)28-22(2,3)4/h5-8,17,20H,9-15H2,1-4H3/t17-,20-/m0/s1. The van der Waals surface area contributed by atoms with Gasteiger partial charge < -0.3 is 14.5 Å². The van der Waals surface area contributed by atoms with E-state index in [9.17, 15) is 9.59 Å². The molecule has 1 aromatic rings. The van der Waals surface area contributed by atoms with E-state index in [4.69, 9.17) is 4.74 Å². The minimum Gasteiger partial charge on any atom is -0.444 e. The fraction of sp³-hybridized carbons (Fsp3) is 0.652. The van der Waals surface area contributed by atoms with E-state index < -0.39 is 5.60 Å². The maximum Gasteiger partial charge on any atom is 0.410 e. The van der Waals surface area contributed by atoms with Crippen molar-refractivity contribution in [2.75, 3.05) is 19.6 Å². The number of likely N-dealkylation sites (tertiary alicyclic amines) is 2. The third-order valence-corrected chi connectivity index (χ3v) is 6.80. The Hall–Kier alpha value is -2.04. The van der Waals surface area contributed by atoms with E-state index in [0.717, 1.165) is 45.3 Å². The number of benzene rings is 1. The maximum atomic E-state index is 12.5. The summed E-state index contributed by atoms with van der Waals surface area (Å²) in [5.74, 6) is 0.699. The average molecular weight is 385 g/mol. The SMILES string of the molecule is CC(=O)N1CC[C@H]2CC3(CCN(C(=O)OC(C)(C)C)CC3)c3ccccc3[C@H]21. The fourth-order valence-corrected chi connectivity index (χ4v) is 5.61. The second-order valence-corrected chi connectivity index (χ2v) is 9.75. The summed E-state index contributed by atoms with van der Waals surface area (Å²) in [5.41, 5.74) is 2.38. The molecule has 0 radical (unpaired) electrons. The lowest BCUT2D eigenvalue weighted by Crippen LogP contribution is -2.49. The lowest BCUT2D eigenvalue weighted by atomic mass is 9.60. The first kappa shape index (κ1) is 19.3. The summed E-state index contributed by atoms with van der Waals surface area (Å²) in [5, 5.41) is 0. The summed E-state index contributed by atoms with van der Waals surface area (Å²) in [6.07, 6.45) is 3.92. The van der Waals surface area contributed by atoms with E-state index in [0.29, 0.717) is 5.92 Å². The highest BCUT2D eigenvalue weighted by atomic mass is 16.6. The van der Waals surface area contributed by atoms with Crippen molar-refractivity contribution in [2.45, 2.75) is 70.4 Å². The number of carbonyl (C=O) groups is 2. The molecule has 1 spiro atoms. The Labute approximate surface area is 168 Å². The van der Waals surface area contributed by atoms with Crippen LogP contribution in [0.2, 0.25) is 0 Å². The third-order valence-electron chi connectivity index (χ3n) is 6.80. The normalized spacial score (nSPS) is 26.0. The van der Waals surface area contributed by atoms with Crippen LogP contribution in [0.15, 0.2) is 24.3 Å². The summed E-state index contributed by atoms with van der Waals surface area (Å²) in [6.45, 7) is 9.75. The first-order valence-corrected chi connectivity index (χ1v) is 10.5. The number of ether oxygens (including phenoxy) is 1. The van der Waals surface area contributed by atoms with Crippen molar-refractivity contribution in [1.29, 1.82) is 0 Å². The third kappa shape index (κ3) is 3.29. The van der Waals surface area contributed by atoms with Crippen molar-refractivity contribution in [1.82, 2.24) is 9.80 Å². The number of piperidine rings is 1. The Kier molecular flexibility index (Phi) is 4.67. The summed E-state index contributed by atoms with van der Waals surface area (Å²) in [7, 11) is 0. The van der Waals surface area contributed by atoms with Gasteiger partial charge in [0.05, 0.1) is 6.04 Å². The molecule has 4 rings (SSSR count). The van der Waals surface area contributed by atoms with Gasteiger partial charge in [0.1, 0.15) is 5.60 Å². The molecule has 0 unspecified atom stereocenters. The van der Waals surface area contributed by atoms with Gasteiger partial charge in [-0.15, -0.1) is 0 Å². The van der Waals surface area contributed by atoms with Gasteiger partial charge in [0, 0.05) is 26.6 Å². The largest absolute Gasteiger partial charge is 0.444 e. The highest BCUT2D eigenvalue weighted by Gasteiger charge is 2.50. The molecule has 0 saturated carbocycles. The van der Waals surface area contributed by atoms with Crippen LogP contribution in [-0.2, 0) is 14.9 Å². The molecule has 0 bridgehead atoms. The van der Waals surface area contributed by atoms with Gasteiger partial charge in [-0.05, 0) is 68.9 Å². The summed E-state index contributed by atoms with van der Waals surface area (Å²) < 4.78 is 5.58. The van der Waals surface area contributed by atoms with Crippen LogP contribution in [0.5, 0.6) is 0 Å². The lowest BCUT2D eigenvalue weighted by Gasteiger charge is -2.49. The van der Waals surface area contributed by atoms with Crippen LogP contribution in [0.1, 0.15) is 70.5 Å². The molecule has 5 heteroatoms. The van der Waals surface area contributed by atoms with E-state index in [2.05, 4.69) is 29.2 Å². The smallest absolute Gasteiger partial charge is 0.410 e. The van der Waals surface area contributed by atoms with Crippen LogP contribution in [0.4, 0.5) is 4.79 Å². The van der Waals surface area contributed by atoms with Crippen LogP contribution in [0.25, 0.3) is 0 Å². The van der Waals surface area contributed by atoms with Gasteiger partial charge in [-0.1, -0.05) is 24.3 Å². The zero-order valence-electron chi connectivity index (χ0n) is 17.5. The van der Waals surface area contributed by atoms with Gasteiger partial charge in [0.25, 0.3) is 0 Å². The molecular weight excluding hydrogens is 352 g/mol. The van der Waals surface area contributed by atoms with Crippen LogP contribution in [-0.4, -0.2) is 47.0 Å². The molecule has 2 aliphatic heterocycles. The molecule has 3 aliphatic rings. The Balaban J connectivity index is 1.58. The number of carbonyl (C=O) groups excluding carboxylic acids is 2. The Morgan fingerprint density at radius 3 is 2.43 bits per heavy atom. The van der Waals surface area contributed by atoms with Crippen LogP contribution in [0, 0.1) is 5.92 Å². The summed E-state index contributed by atoms with van der Waals surface area (Å²) >= 11 is 0. The monoisotopic (exact) mass is 384 g/mol. The maximum absolute atomic E-state index is 12.5. The van der Waals surface area contributed by atoms with Gasteiger partial charge in [0.2, 0.25) is 5.91 Å². The highest BCUT2D eigenvalue weighted by Crippen LogP contribution is 2.55. The van der Waals surface area contributed by atoms with Crippen molar-refractivity contribution in [3.05, 3.63) is 35.4 Å². The van der Waals surface area contributed by atoms with E-state index in [1.807, 2.05) is 25.7 Å². The molecule has 2 saturated heterocycles. The molecule has 0 N–H and O–H groups in total. The zero-order chi connectivity index (χ0) is 20.1. The van der Waals surface area contributed by atoms with E-state index >= 15 is 0 Å². The predicted octanol–water partition coefficient (Wildman–Crippen LogP) is 4.27.